The van der Waals surface area contributed by atoms with E-state index in [2.05, 4.69) is 25.8 Å². The van der Waals surface area contributed by atoms with Gasteiger partial charge in [0.25, 0.3) is 0 Å². The Kier molecular flexibility index (Phi) is 9.05. The van der Waals surface area contributed by atoms with Crippen molar-refractivity contribution in [1.82, 2.24) is 25.4 Å². The fourth-order valence-electron chi connectivity index (χ4n) is 2.06. The van der Waals surface area contributed by atoms with Crippen molar-refractivity contribution >= 4 is 41.5 Å². The molecular weight excluding hydrogens is 439 g/mol. The van der Waals surface area contributed by atoms with Crippen LogP contribution in [0.1, 0.15) is 24.1 Å². The topological polar surface area (TPSA) is 67.1 Å². The third-order valence-electron chi connectivity index (χ3n) is 3.52. The first-order valence-corrected chi connectivity index (χ1v) is 8.09. The molecule has 2 N–H and O–H groups in total. The van der Waals surface area contributed by atoms with E-state index in [0.717, 1.165) is 42.1 Å². The van der Waals surface area contributed by atoms with Gasteiger partial charge in [-0.25, -0.2) is 4.99 Å². The molecule has 0 saturated carbocycles. The van der Waals surface area contributed by atoms with Gasteiger partial charge in [-0.05, 0) is 38.0 Å². The zero-order valence-electron chi connectivity index (χ0n) is 14.2. The molecule has 2 aromatic rings. The van der Waals surface area contributed by atoms with E-state index in [1.54, 1.807) is 0 Å². The molecule has 132 valence electrons. The number of guanidine groups is 1. The van der Waals surface area contributed by atoms with Crippen molar-refractivity contribution < 1.29 is 0 Å². The van der Waals surface area contributed by atoms with E-state index < -0.39 is 0 Å². The second-order valence-electron chi connectivity index (χ2n) is 5.22. The van der Waals surface area contributed by atoms with Gasteiger partial charge in [-0.3, -0.25) is 0 Å². The van der Waals surface area contributed by atoms with Crippen molar-refractivity contribution in [3.05, 3.63) is 46.5 Å². The Hall–Kier alpha value is -1.35. The van der Waals surface area contributed by atoms with E-state index in [9.17, 15) is 0 Å². The van der Waals surface area contributed by atoms with Crippen molar-refractivity contribution in [2.24, 2.45) is 12.0 Å². The quantitative estimate of drug-likeness (QED) is 0.393. The van der Waals surface area contributed by atoms with Gasteiger partial charge in [0.15, 0.2) is 11.8 Å². The molecule has 6 nitrogen and oxygen atoms in total. The molecule has 0 aliphatic carbocycles. The maximum Gasteiger partial charge on any atom is 0.191 e. The van der Waals surface area contributed by atoms with Crippen LogP contribution in [0.4, 0.5) is 0 Å². The molecule has 0 aliphatic heterocycles. The maximum atomic E-state index is 5.89. The highest BCUT2D eigenvalue weighted by molar-refractivity contribution is 14.0. The largest absolute Gasteiger partial charge is 0.357 e. The number of hydrogen-bond donors (Lipinski definition) is 2. The summed E-state index contributed by atoms with van der Waals surface area (Å²) in [5.41, 5.74) is 1.24. The van der Waals surface area contributed by atoms with Gasteiger partial charge >= 0.3 is 0 Å². The van der Waals surface area contributed by atoms with E-state index in [0.29, 0.717) is 6.54 Å². The van der Waals surface area contributed by atoms with Gasteiger partial charge in [0, 0.05) is 25.2 Å². The lowest BCUT2D eigenvalue weighted by atomic mass is 10.1. The van der Waals surface area contributed by atoms with Gasteiger partial charge < -0.3 is 15.2 Å². The van der Waals surface area contributed by atoms with Crippen molar-refractivity contribution in [2.45, 2.75) is 26.8 Å². The Labute approximate surface area is 165 Å². The number of nitrogens with one attached hydrogen (secondary N) is 2. The van der Waals surface area contributed by atoms with E-state index in [4.69, 9.17) is 11.6 Å². The van der Waals surface area contributed by atoms with Gasteiger partial charge in [0.05, 0.1) is 0 Å². The molecule has 0 bridgehead atoms. The first-order valence-electron chi connectivity index (χ1n) is 7.71. The summed E-state index contributed by atoms with van der Waals surface area (Å²) in [5.74, 6) is 2.51. The lowest BCUT2D eigenvalue weighted by Crippen LogP contribution is -2.38. The van der Waals surface area contributed by atoms with Crippen LogP contribution in [-0.2, 0) is 20.0 Å². The molecule has 0 radical (unpaired) electrons. The Balaban J connectivity index is 0.00000288. The van der Waals surface area contributed by atoms with Gasteiger partial charge in [0.2, 0.25) is 0 Å². The zero-order chi connectivity index (χ0) is 16.7. The molecule has 2 rings (SSSR count). The lowest BCUT2D eigenvalue weighted by molar-refractivity contribution is 0.753. The summed E-state index contributed by atoms with van der Waals surface area (Å²) in [6.45, 7) is 6.07. The average molecular weight is 463 g/mol. The number of benzene rings is 1. The summed E-state index contributed by atoms with van der Waals surface area (Å²) < 4.78 is 1.95. The van der Waals surface area contributed by atoms with Crippen LogP contribution in [0.15, 0.2) is 29.3 Å². The molecule has 0 unspecified atom stereocenters. The SMILES string of the molecule is CCNC(=NCc1nnc(C)n1C)NCCc1ccc(Cl)cc1.I. The number of aliphatic imine (C=N–C) groups is 1. The Morgan fingerprint density at radius 1 is 1.21 bits per heavy atom. The molecule has 0 fully saturated rings. The predicted molar refractivity (Wildman–Crippen MR) is 109 cm³/mol. The zero-order valence-corrected chi connectivity index (χ0v) is 17.3. The normalized spacial score (nSPS) is 11.1. The van der Waals surface area contributed by atoms with Crippen LogP contribution in [0.25, 0.3) is 0 Å². The number of nitrogens with zero attached hydrogens (tertiary/aromatic N) is 4. The summed E-state index contributed by atoms with van der Waals surface area (Å²) in [6, 6.07) is 7.89. The first-order chi connectivity index (χ1) is 11.1. The standard InChI is InChI=1S/C16H23ClN6.HI/c1-4-18-16(20-11-15-22-21-12(2)23(15)3)19-10-9-13-5-7-14(17)8-6-13;/h5-8H,4,9-11H2,1-3H3,(H2,18,19,20);1H. The molecule has 1 heterocycles. The number of aromatic nitrogens is 3. The third kappa shape index (κ3) is 6.27. The van der Waals surface area contributed by atoms with E-state index in [-0.39, 0.29) is 24.0 Å². The Morgan fingerprint density at radius 3 is 2.50 bits per heavy atom. The summed E-state index contributed by atoms with van der Waals surface area (Å²) in [6.07, 6.45) is 0.907. The van der Waals surface area contributed by atoms with Crippen molar-refractivity contribution in [3.63, 3.8) is 0 Å². The van der Waals surface area contributed by atoms with Crippen molar-refractivity contribution in [1.29, 1.82) is 0 Å². The minimum Gasteiger partial charge on any atom is -0.357 e. The fraction of sp³-hybridized carbons (Fsp3) is 0.438. The average Bonchev–Trinajstić information content (AvgIpc) is 2.86. The molecule has 0 atom stereocenters. The van der Waals surface area contributed by atoms with Gasteiger partial charge in [-0.15, -0.1) is 34.2 Å². The first kappa shape index (κ1) is 20.7. The van der Waals surface area contributed by atoms with Crippen LogP contribution >= 0.6 is 35.6 Å². The predicted octanol–water partition coefficient (Wildman–Crippen LogP) is 2.69. The molecule has 0 spiro atoms. The highest BCUT2D eigenvalue weighted by Crippen LogP contribution is 2.09. The second-order valence-corrected chi connectivity index (χ2v) is 5.66. The lowest BCUT2D eigenvalue weighted by Gasteiger charge is -2.11. The number of hydrogen-bond acceptors (Lipinski definition) is 3. The van der Waals surface area contributed by atoms with Gasteiger partial charge in [-0.2, -0.15) is 0 Å². The molecular formula is C16H24ClIN6. The summed E-state index contributed by atoms with van der Waals surface area (Å²) in [7, 11) is 1.95. The molecule has 0 amide bonds. The van der Waals surface area contributed by atoms with Crippen LogP contribution in [0.2, 0.25) is 5.02 Å². The molecule has 0 saturated heterocycles. The maximum absolute atomic E-state index is 5.89. The van der Waals surface area contributed by atoms with Gasteiger partial charge in [-0.1, -0.05) is 23.7 Å². The van der Waals surface area contributed by atoms with Crippen LogP contribution < -0.4 is 10.6 Å². The molecule has 0 aliphatic rings. The third-order valence-corrected chi connectivity index (χ3v) is 3.78. The molecule has 1 aromatic heterocycles. The monoisotopic (exact) mass is 462 g/mol. The minimum absolute atomic E-state index is 0. The van der Waals surface area contributed by atoms with Crippen LogP contribution in [0.5, 0.6) is 0 Å². The number of aryl methyl sites for hydroxylation is 1. The smallest absolute Gasteiger partial charge is 0.191 e. The van der Waals surface area contributed by atoms with E-state index in [1.807, 2.05) is 49.7 Å². The van der Waals surface area contributed by atoms with Crippen molar-refractivity contribution in [3.8, 4) is 0 Å². The van der Waals surface area contributed by atoms with Crippen LogP contribution in [0, 0.1) is 6.92 Å². The van der Waals surface area contributed by atoms with Crippen LogP contribution in [-0.4, -0.2) is 33.8 Å². The Morgan fingerprint density at radius 2 is 1.92 bits per heavy atom. The van der Waals surface area contributed by atoms with E-state index >= 15 is 0 Å². The molecule has 1 aromatic carbocycles. The molecule has 8 heteroatoms. The number of rotatable bonds is 6. The van der Waals surface area contributed by atoms with Crippen LogP contribution in [0.3, 0.4) is 0 Å². The summed E-state index contributed by atoms with van der Waals surface area (Å²) in [5, 5.41) is 15.5. The second kappa shape index (κ2) is 10.5. The van der Waals surface area contributed by atoms with Gasteiger partial charge in [0.1, 0.15) is 12.4 Å². The summed E-state index contributed by atoms with van der Waals surface area (Å²) >= 11 is 5.89. The van der Waals surface area contributed by atoms with Crippen molar-refractivity contribution in [2.75, 3.05) is 13.1 Å². The molecule has 24 heavy (non-hydrogen) atoms. The highest BCUT2D eigenvalue weighted by Gasteiger charge is 2.04. The van der Waals surface area contributed by atoms with E-state index in [1.165, 1.54) is 5.56 Å². The number of halogens is 2. The highest BCUT2D eigenvalue weighted by atomic mass is 127. The summed E-state index contributed by atoms with van der Waals surface area (Å²) in [4.78, 5) is 4.55. The minimum atomic E-state index is 0. The fourth-order valence-corrected chi connectivity index (χ4v) is 2.18. The Bertz CT molecular complexity index is 653.